The monoisotopic (exact) mass is 342 g/mol. The van der Waals surface area contributed by atoms with Crippen LogP contribution >= 0.6 is 0 Å². The molecule has 1 heterocycles. The van der Waals surface area contributed by atoms with Gasteiger partial charge in [0.1, 0.15) is 29.7 Å². The van der Waals surface area contributed by atoms with Gasteiger partial charge < -0.3 is 9.88 Å². The minimum Gasteiger partial charge on any atom is -0.343 e. The van der Waals surface area contributed by atoms with Crippen LogP contribution in [-0.4, -0.2) is 9.55 Å². The number of hydrogen-bond acceptors (Lipinski definition) is 5. The number of aromatic nitrogens is 2. The van der Waals surface area contributed by atoms with Gasteiger partial charge in [0.25, 0.3) is 0 Å². The van der Waals surface area contributed by atoms with E-state index in [0.717, 1.165) is 12.1 Å². The average molecular weight is 342 g/mol. The van der Waals surface area contributed by atoms with Crippen LogP contribution in [0.25, 0.3) is 5.69 Å². The summed E-state index contributed by atoms with van der Waals surface area (Å²) in [6.45, 7) is 1.65. The molecule has 0 amide bonds. The van der Waals surface area contributed by atoms with E-state index < -0.39 is 23.0 Å². The number of anilines is 1. The molecule has 0 bridgehead atoms. The minimum atomic E-state index is -4.59. The maximum atomic E-state index is 13.0. The predicted octanol–water partition coefficient (Wildman–Crippen LogP) is 3.44. The fourth-order valence-corrected chi connectivity index (χ4v) is 2.07. The van der Waals surface area contributed by atoms with Crippen LogP contribution < -0.4 is 5.32 Å². The zero-order valence-corrected chi connectivity index (χ0v) is 12.8. The lowest BCUT2D eigenvalue weighted by atomic mass is 10.1. The second-order valence-corrected chi connectivity index (χ2v) is 4.78. The number of nitrogens with one attached hydrogen (secondary N) is 1. The molecule has 2 aromatic rings. The van der Waals surface area contributed by atoms with Crippen molar-refractivity contribution in [2.75, 3.05) is 5.32 Å². The third kappa shape index (κ3) is 3.60. The number of alkyl halides is 3. The van der Waals surface area contributed by atoms with E-state index in [2.05, 4.69) is 10.3 Å². The SMILES string of the molecule is Cc1nccn1-c1ccc(C(F)(F)F)cc1NC(C#N)=C(C#N)C#N. The van der Waals surface area contributed by atoms with Crippen LogP contribution in [0.4, 0.5) is 18.9 Å². The number of nitriles is 3. The van der Waals surface area contributed by atoms with Crippen molar-refractivity contribution in [3.8, 4) is 23.9 Å². The molecular weight excluding hydrogens is 333 g/mol. The van der Waals surface area contributed by atoms with Crippen molar-refractivity contribution >= 4 is 5.69 Å². The first-order valence-electron chi connectivity index (χ1n) is 6.75. The molecule has 0 aliphatic heterocycles. The van der Waals surface area contributed by atoms with E-state index >= 15 is 0 Å². The van der Waals surface area contributed by atoms with E-state index in [1.165, 1.54) is 35.2 Å². The highest BCUT2D eigenvalue weighted by Crippen LogP contribution is 2.34. The molecule has 124 valence electrons. The number of rotatable bonds is 3. The van der Waals surface area contributed by atoms with Crippen LogP contribution in [0.15, 0.2) is 41.9 Å². The maximum absolute atomic E-state index is 13.0. The van der Waals surface area contributed by atoms with Crippen LogP contribution in [0, 0.1) is 40.9 Å². The molecule has 0 aliphatic rings. The molecule has 0 radical (unpaired) electrons. The molecule has 9 heteroatoms. The Hall–Kier alpha value is -3.77. The van der Waals surface area contributed by atoms with Crippen LogP contribution in [0.1, 0.15) is 11.4 Å². The van der Waals surface area contributed by atoms with E-state index in [1.54, 1.807) is 13.0 Å². The normalized spacial score (nSPS) is 10.3. The molecule has 0 spiro atoms. The lowest BCUT2D eigenvalue weighted by Gasteiger charge is -2.16. The number of imidazole rings is 1. The molecule has 2 rings (SSSR count). The van der Waals surface area contributed by atoms with Crippen molar-refractivity contribution in [1.29, 1.82) is 15.8 Å². The molecule has 1 aromatic carbocycles. The lowest BCUT2D eigenvalue weighted by Crippen LogP contribution is -2.10. The first kappa shape index (κ1) is 17.6. The quantitative estimate of drug-likeness (QED) is 0.861. The van der Waals surface area contributed by atoms with E-state index in [9.17, 15) is 13.2 Å². The average Bonchev–Trinajstić information content (AvgIpc) is 2.99. The Labute approximate surface area is 140 Å². The Morgan fingerprint density at radius 2 is 1.84 bits per heavy atom. The van der Waals surface area contributed by atoms with Gasteiger partial charge in [-0.2, -0.15) is 29.0 Å². The maximum Gasteiger partial charge on any atom is 0.416 e. The highest BCUT2D eigenvalue weighted by molar-refractivity contribution is 5.68. The Morgan fingerprint density at radius 1 is 1.16 bits per heavy atom. The number of allylic oxidation sites excluding steroid dienone is 2. The Bertz CT molecular complexity index is 947. The largest absolute Gasteiger partial charge is 0.416 e. The summed E-state index contributed by atoms with van der Waals surface area (Å²) in [5.41, 5.74) is -1.72. The second kappa shape index (κ2) is 6.77. The molecule has 1 N–H and O–H groups in total. The molecule has 6 nitrogen and oxygen atoms in total. The summed E-state index contributed by atoms with van der Waals surface area (Å²) in [5, 5.41) is 29.3. The standard InChI is InChI=1S/C16H9F3N6/c1-10-23-4-5-25(10)15-3-2-12(16(17,18)19)6-13(15)24-14(9-22)11(7-20)8-21/h2-6,24H,1H3. The topological polar surface area (TPSA) is 101 Å². The molecular formula is C16H9F3N6. The Balaban J connectivity index is 2.67. The van der Waals surface area contributed by atoms with Gasteiger partial charge in [-0.3, -0.25) is 0 Å². The zero-order chi connectivity index (χ0) is 18.6. The van der Waals surface area contributed by atoms with Gasteiger partial charge in [0.05, 0.1) is 16.9 Å². The molecule has 1 aromatic heterocycles. The Morgan fingerprint density at radius 3 is 2.32 bits per heavy atom. The van der Waals surface area contributed by atoms with Crippen molar-refractivity contribution in [2.45, 2.75) is 13.1 Å². The van der Waals surface area contributed by atoms with E-state index in [4.69, 9.17) is 15.8 Å². The van der Waals surface area contributed by atoms with Gasteiger partial charge >= 0.3 is 6.18 Å². The molecule has 0 unspecified atom stereocenters. The molecule has 0 fully saturated rings. The van der Waals surface area contributed by atoms with Crippen molar-refractivity contribution in [1.82, 2.24) is 9.55 Å². The number of hydrogen-bond donors (Lipinski definition) is 1. The van der Waals surface area contributed by atoms with Crippen LogP contribution in [0.5, 0.6) is 0 Å². The zero-order valence-electron chi connectivity index (χ0n) is 12.8. The summed E-state index contributed by atoms with van der Waals surface area (Å²) in [6.07, 6.45) is -1.59. The first-order chi connectivity index (χ1) is 11.8. The second-order valence-electron chi connectivity index (χ2n) is 4.78. The van der Waals surface area contributed by atoms with Gasteiger partial charge in [-0.15, -0.1) is 0 Å². The van der Waals surface area contributed by atoms with Gasteiger partial charge in [0.2, 0.25) is 0 Å². The fourth-order valence-electron chi connectivity index (χ4n) is 2.07. The van der Waals surface area contributed by atoms with Gasteiger partial charge in [0, 0.05) is 12.4 Å². The Kier molecular flexibility index (Phi) is 4.76. The van der Waals surface area contributed by atoms with Crippen LogP contribution in [0.2, 0.25) is 0 Å². The summed E-state index contributed by atoms with van der Waals surface area (Å²) >= 11 is 0. The van der Waals surface area contributed by atoms with Gasteiger partial charge in [-0.05, 0) is 25.1 Å². The summed E-state index contributed by atoms with van der Waals surface area (Å²) in [4.78, 5) is 4.00. The number of nitrogens with zero attached hydrogens (tertiary/aromatic N) is 5. The van der Waals surface area contributed by atoms with Gasteiger partial charge in [-0.25, -0.2) is 4.98 Å². The minimum absolute atomic E-state index is 0.0875. The third-order valence-corrected chi connectivity index (χ3v) is 3.25. The molecule has 0 saturated carbocycles. The number of benzene rings is 1. The molecule has 0 saturated heterocycles. The van der Waals surface area contributed by atoms with Gasteiger partial charge in [-0.1, -0.05) is 0 Å². The third-order valence-electron chi connectivity index (χ3n) is 3.25. The van der Waals surface area contributed by atoms with Crippen molar-refractivity contribution < 1.29 is 13.2 Å². The van der Waals surface area contributed by atoms with Crippen LogP contribution in [0.3, 0.4) is 0 Å². The van der Waals surface area contributed by atoms with Crippen molar-refractivity contribution in [2.24, 2.45) is 0 Å². The summed E-state index contributed by atoms with van der Waals surface area (Å²) in [5.74, 6) is 0.506. The highest BCUT2D eigenvalue weighted by Gasteiger charge is 2.31. The summed E-state index contributed by atoms with van der Waals surface area (Å²) < 4.78 is 40.5. The molecule has 0 aliphatic carbocycles. The van der Waals surface area contributed by atoms with Gasteiger partial charge in [0.15, 0.2) is 5.57 Å². The van der Waals surface area contributed by atoms with E-state index in [1.807, 2.05) is 0 Å². The van der Waals surface area contributed by atoms with Crippen molar-refractivity contribution in [3.63, 3.8) is 0 Å². The first-order valence-corrected chi connectivity index (χ1v) is 6.75. The smallest absolute Gasteiger partial charge is 0.343 e. The summed E-state index contributed by atoms with van der Waals surface area (Å²) in [7, 11) is 0. The lowest BCUT2D eigenvalue weighted by molar-refractivity contribution is -0.137. The summed E-state index contributed by atoms with van der Waals surface area (Å²) in [6, 6.07) is 7.58. The van der Waals surface area contributed by atoms with Crippen LogP contribution in [-0.2, 0) is 6.18 Å². The van der Waals surface area contributed by atoms with Crippen molar-refractivity contribution in [3.05, 3.63) is 53.3 Å². The van der Waals surface area contributed by atoms with E-state index in [-0.39, 0.29) is 11.4 Å². The molecule has 25 heavy (non-hydrogen) atoms. The number of halogens is 3. The fraction of sp³-hybridized carbons (Fsp3) is 0.125. The highest BCUT2D eigenvalue weighted by atomic mass is 19.4. The predicted molar refractivity (Wildman–Crippen MR) is 80.8 cm³/mol. The van der Waals surface area contributed by atoms with E-state index in [0.29, 0.717) is 5.82 Å². The number of aryl methyl sites for hydroxylation is 1. The molecule has 0 atom stereocenters.